The number of piperidine rings is 1. The molecule has 1 aliphatic rings. The molecule has 1 aliphatic heterocycles. The number of ketones is 1. The lowest BCUT2D eigenvalue weighted by molar-refractivity contribution is 0.0835. The predicted molar refractivity (Wildman–Crippen MR) is 95.0 cm³/mol. The normalized spacial score (nSPS) is 16.4. The number of Topliss-reactive ketones (excluding diaryl/α,β-unsaturated/α-hetero) is 1. The van der Waals surface area contributed by atoms with E-state index in [0.29, 0.717) is 5.02 Å². The fraction of sp³-hybridized carbons (Fsp3) is 0.350. The molecule has 0 aromatic heterocycles. The molecule has 0 unspecified atom stereocenters. The summed E-state index contributed by atoms with van der Waals surface area (Å²) in [5.41, 5.74) is 3.44. The molecule has 23 heavy (non-hydrogen) atoms. The highest BCUT2D eigenvalue weighted by Crippen LogP contribution is 2.23. The van der Waals surface area contributed by atoms with Gasteiger partial charge >= 0.3 is 0 Å². The molecular formula is C20H22ClNO. The molecule has 0 spiro atoms. The molecule has 1 saturated heterocycles. The van der Waals surface area contributed by atoms with E-state index in [-0.39, 0.29) is 11.7 Å². The number of nitrogens with zero attached hydrogens (tertiary/aromatic N) is 1. The zero-order chi connectivity index (χ0) is 16.2. The maximum Gasteiger partial charge on any atom is 0.166 e. The van der Waals surface area contributed by atoms with E-state index in [0.717, 1.165) is 38.0 Å². The van der Waals surface area contributed by atoms with E-state index in [4.69, 9.17) is 11.6 Å². The summed E-state index contributed by atoms with van der Waals surface area (Å²) in [4.78, 5) is 15.0. The number of carbonyl (C=O) groups excluding carboxylic acids is 1. The van der Waals surface area contributed by atoms with Gasteiger partial charge in [0.1, 0.15) is 0 Å². The first-order valence-corrected chi connectivity index (χ1v) is 8.57. The van der Waals surface area contributed by atoms with Gasteiger partial charge in [0.05, 0.1) is 0 Å². The second kappa shape index (κ2) is 7.29. The number of likely N-dealkylation sites (tertiary alicyclic amines) is 1. The molecule has 2 nitrogen and oxygen atoms in total. The summed E-state index contributed by atoms with van der Waals surface area (Å²) in [6.07, 6.45) is 1.88. The fourth-order valence-electron chi connectivity index (χ4n) is 3.27. The first-order chi connectivity index (χ1) is 11.1. The number of hydrogen-bond acceptors (Lipinski definition) is 2. The summed E-state index contributed by atoms with van der Waals surface area (Å²) >= 11 is 5.89. The molecule has 1 heterocycles. The monoisotopic (exact) mass is 327 g/mol. The largest absolute Gasteiger partial charge is 0.299 e. The number of benzene rings is 2. The zero-order valence-electron chi connectivity index (χ0n) is 13.5. The van der Waals surface area contributed by atoms with Crippen LogP contribution in [0.3, 0.4) is 0 Å². The van der Waals surface area contributed by atoms with E-state index in [9.17, 15) is 4.79 Å². The molecule has 2 aromatic rings. The molecule has 1 fully saturated rings. The molecule has 0 N–H and O–H groups in total. The van der Waals surface area contributed by atoms with Gasteiger partial charge in [-0.2, -0.15) is 0 Å². The van der Waals surface area contributed by atoms with Crippen molar-refractivity contribution in [2.75, 3.05) is 13.1 Å². The van der Waals surface area contributed by atoms with Crippen LogP contribution in [0.5, 0.6) is 0 Å². The third-order valence-corrected chi connectivity index (χ3v) is 4.83. The summed E-state index contributed by atoms with van der Waals surface area (Å²) < 4.78 is 0. The average Bonchev–Trinajstić information content (AvgIpc) is 2.56. The lowest BCUT2D eigenvalue weighted by Gasteiger charge is -2.31. The molecule has 120 valence electrons. The van der Waals surface area contributed by atoms with Crippen molar-refractivity contribution in [3.05, 3.63) is 70.2 Å². The van der Waals surface area contributed by atoms with Crippen LogP contribution in [0.4, 0.5) is 0 Å². The Kier molecular flexibility index (Phi) is 5.14. The van der Waals surface area contributed by atoms with Crippen molar-refractivity contribution in [1.29, 1.82) is 0 Å². The van der Waals surface area contributed by atoms with Crippen molar-refractivity contribution in [1.82, 2.24) is 4.90 Å². The summed E-state index contributed by atoms with van der Waals surface area (Å²) in [5.74, 6) is 0.404. The number of halogens is 1. The van der Waals surface area contributed by atoms with Gasteiger partial charge in [-0.05, 0) is 62.7 Å². The Morgan fingerprint density at radius 1 is 1.13 bits per heavy atom. The van der Waals surface area contributed by atoms with Crippen LogP contribution in [-0.4, -0.2) is 23.8 Å². The molecule has 0 bridgehead atoms. The van der Waals surface area contributed by atoms with Crippen molar-refractivity contribution in [3.8, 4) is 0 Å². The standard InChI is InChI=1S/C20H22ClNO/c1-15-3-2-4-16(13-15)14-22-11-9-18(10-12-22)20(23)17-5-7-19(21)8-6-17/h2-8,13,18H,9-12,14H2,1H3. The third kappa shape index (κ3) is 4.21. The summed E-state index contributed by atoms with van der Waals surface area (Å²) in [6, 6.07) is 15.9. The topological polar surface area (TPSA) is 20.3 Å². The van der Waals surface area contributed by atoms with Gasteiger partial charge in [-0.15, -0.1) is 0 Å². The van der Waals surface area contributed by atoms with Gasteiger partial charge in [0.25, 0.3) is 0 Å². The molecule has 0 radical (unpaired) electrons. The van der Waals surface area contributed by atoms with E-state index < -0.39 is 0 Å². The Bertz CT molecular complexity index is 672. The first kappa shape index (κ1) is 16.2. The Morgan fingerprint density at radius 3 is 2.48 bits per heavy atom. The van der Waals surface area contributed by atoms with Crippen molar-refractivity contribution in [2.24, 2.45) is 5.92 Å². The zero-order valence-corrected chi connectivity index (χ0v) is 14.2. The van der Waals surface area contributed by atoms with Gasteiger partial charge in [0.2, 0.25) is 0 Å². The summed E-state index contributed by atoms with van der Waals surface area (Å²) in [6.45, 7) is 5.07. The molecule has 0 aliphatic carbocycles. The van der Waals surface area contributed by atoms with Crippen LogP contribution in [0.1, 0.15) is 34.3 Å². The molecule has 0 atom stereocenters. The number of carbonyl (C=O) groups is 1. The maximum absolute atomic E-state index is 12.6. The highest BCUT2D eigenvalue weighted by molar-refractivity contribution is 6.30. The number of aryl methyl sites for hydroxylation is 1. The van der Waals surface area contributed by atoms with Crippen LogP contribution in [0.25, 0.3) is 0 Å². The van der Waals surface area contributed by atoms with Crippen LogP contribution in [-0.2, 0) is 6.54 Å². The third-order valence-electron chi connectivity index (χ3n) is 4.58. The molecule has 0 saturated carbocycles. The van der Waals surface area contributed by atoms with Gasteiger partial charge < -0.3 is 0 Å². The lowest BCUT2D eigenvalue weighted by Crippen LogP contribution is -2.35. The fourth-order valence-corrected chi connectivity index (χ4v) is 3.40. The molecule has 0 amide bonds. The number of rotatable bonds is 4. The number of hydrogen-bond donors (Lipinski definition) is 0. The van der Waals surface area contributed by atoms with E-state index in [1.165, 1.54) is 11.1 Å². The smallest absolute Gasteiger partial charge is 0.166 e. The quantitative estimate of drug-likeness (QED) is 0.756. The van der Waals surface area contributed by atoms with Crippen LogP contribution < -0.4 is 0 Å². The SMILES string of the molecule is Cc1cccc(CN2CCC(C(=O)c3ccc(Cl)cc3)CC2)c1. The van der Waals surface area contributed by atoms with Crippen molar-refractivity contribution in [2.45, 2.75) is 26.3 Å². The van der Waals surface area contributed by atoms with Crippen LogP contribution in [0.2, 0.25) is 5.02 Å². The van der Waals surface area contributed by atoms with Crippen molar-refractivity contribution >= 4 is 17.4 Å². The van der Waals surface area contributed by atoms with Crippen molar-refractivity contribution < 1.29 is 4.79 Å². The van der Waals surface area contributed by atoms with Crippen molar-refractivity contribution in [3.63, 3.8) is 0 Å². The Hall–Kier alpha value is -1.64. The minimum atomic E-state index is 0.143. The second-order valence-electron chi connectivity index (χ2n) is 6.41. The van der Waals surface area contributed by atoms with Gasteiger partial charge in [0, 0.05) is 23.0 Å². The van der Waals surface area contributed by atoms with E-state index >= 15 is 0 Å². The summed E-state index contributed by atoms with van der Waals surface area (Å²) in [7, 11) is 0. The van der Waals surface area contributed by atoms with Gasteiger partial charge in [-0.3, -0.25) is 9.69 Å². The summed E-state index contributed by atoms with van der Waals surface area (Å²) in [5, 5.41) is 0.675. The van der Waals surface area contributed by atoms with E-state index in [1.54, 1.807) is 12.1 Å². The molecule has 3 heteroatoms. The van der Waals surface area contributed by atoms with Crippen LogP contribution >= 0.6 is 11.6 Å². The van der Waals surface area contributed by atoms with Crippen LogP contribution in [0.15, 0.2) is 48.5 Å². The second-order valence-corrected chi connectivity index (χ2v) is 6.85. The van der Waals surface area contributed by atoms with Gasteiger partial charge in [-0.1, -0.05) is 41.4 Å². The van der Waals surface area contributed by atoms with E-state index in [1.807, 2.05) is 12.1 Å². The first-order valence-electron chi connectivity index (χ1n) is 8.19. The van der Waals surface area contributed by atoms with Crippen LogP contribution in [0, 0.1) is 12.8 Å². The Labute approximate surface area is 143 Å². The lowest BCUT2D eigenvalue weighted by atomic mass is 9.89. The van der Waals surface area contributed by atoms with Gasteiger partial charge in [-0.25, -0.2) is 0 Å². The minimum absolute atomic E-state index is 0.143. The molecule has 2 aromatic carbocycles. The van der Waals surface area contributed by atoms with E-state index in [2.05, 4.69) is 36.1 Å². The average molecular weight is 328 g/mol. The van der Waals surface area contributed by atoms with Gasteiger partial charge in [0.15, 0.2) is 5.78 Å². The molecule has 3 rings (SSSR count). The predicted octanol–water partition coefficient (Wildman–Crippen LogP) is 4.74. The Balaban J connectivity index is 1.55. The molecular weight excluding hydrogens is 306 g/mol. The maximum atomic E-state index is 12.6. The highest BCUT2D eigenvalue weighted by atomic mass is 35.5. The minimum Gasteiger partial charge on any atom is -0.299 e. The Morgan fingerprint density at radius 2 is 1.83 bits per heavy atom. The highest BCUT2D eigenvalue weighted by Gasteiger charge is 2.25.